The molecule has 0 radical (unpaired) electrons. The first-order chi connectivity index (χ1) is 9.66. The van der Waals surface area contributed by atoms with Crippen LogP contribution in [0.3, 0.4) is 0 Å². The number of hydrogen-bond donors (Lipinski definition) is 1. The molecule has 0 heterocycles. The second-order valence-corrected chi connectivity index (χ2v) is 5.40. The Bertz CT molecular complexity index is 282. The lowest BCUT2D eigenvalue weighted by atomic mass is 10.0. The Hall–Kier alpha value is -1.12. The number of hydrogen-bond acceptors (Lipinski definition) is 2. The third kappa shape index (κ3) is 14.9. The molecule has 116 valence electrons. The molecular formula is C17H30O3. The van der Waals surface area contributed by atoms with Crippen LogP contribution in [0.25, 0.3) is 0 Å². The van der Waals surface area contributed by atoms with Crippen LogP contribution < -0.4 is 0 Å². The summed E-state index contributed by atoms with van der Waals surface area (Å²) in [4.78, 5) is 21.8. The second kappa shape index (κ2) is 14.3. The minimum atomic E-state index is -0.921. The van der Waals surface area contributed by atoms with Crippen molar-refractivity contribution in [1.82, 2.24) is 0 Å². The first-order valence-corrected chi connectivity index (χ1v) is 8.08. The molecule has 0 aliphatic rings. The van der Waals surface area contributed by atoms with E-state index in [1.165, 1.54) is 38.5 Å². The van der Waals surface area contributed by atoms with Gasteiger partial charge in [0.15, 0.2) is 0 Å². The maximum absolute atomic E-state index is 11.6. The van der Waals surface area contributed by atoms with Crippen LogP contribution in [0.4, 0.5) is 0 Å². The third-order valence-electron chi connectivity index (χ3n) is 3.40. The molecule has 0 aromatic heterocycles. The van der Waals surface area contributed by atoms with Crippen molar-refractivity contribution in [2.24, 2.45) is 0 Å². The summed E-state index contributed by atoms with van der Waals surface area (Å²) in [5.74, 6) is -0.602. The van der Waals surface area contributed by atoms with Crippen LogP contribution >= 0.6 is 0 Å². The summed E-state index contributed by atoms with van der Waals surface area (Å²) in [6.45, 7) is 2.23. The molecule has 1 N–H and O–H groups in total. The normalized spacial score (nSPS) is 11.1. The minimum Gasteiger partial charge on any atom is -0.478 e. The maximum Gasteiger partial charge on any atom is 0.327 e. The molecule has 20 heavy (non-hydrogen) atoms. The number of aliphatic carboxylic acids is 1. The molecule has 0 spiro atoms. The van der Waals surface area contributed by atoms with Gasteiger partial charge >= 0.3 is 5.97 Å². The zero-order chi connectivity index (χ0) is 15.1. The summed E-state index contributed by atoms with van der Waals surface area (Å²) >= 11 is 0. The Morgan fingerprint density at radius 2 is 1.40 bits per heavy atom. The average molecular weight is 282 g/mol. The van der Waals surface area contributed by atoms with Crippen LogP contribution in [0.1, 0.15) is 84.0 Å². The van der Waals surface area contributed by atoms with Crippen molar-refractivity contribution in [2.45, 2.75) is 84.0 Å². The standard InChI is InChI=1S/C17H30O3/c1-2-3-4-5-6-7-8-10-13-16(18)14-11-9-12-15-17(19)20/h12,15H,2-11,13-14H2,1H3,(H,19,20)/b15-12+. The number of carboxylic acids is 1. The average Bonchev–Trinajstić information content (AvgIpc) is 2.41. The van der Waals surface area contributed by atoms with E-state index in [9.17, 15) is 9.59 Å². The molecule has 3 nitrogen and oxygen atoms in total. The molecule has 0 saturated heterocycles. The van der Waals surface area contributed by atoms with Gasteiger partial charge in [0.2, 0.25) is 0 Å². The lowest BCUT2D eigenvalue weighted by Crippen LogP contribution is -1.97. The Balaban J connectivity index is 3.26. The number of allylic oxidation sites excluding steroid dienone is 1. The van der Waals surface area contributed by atoms with Crippen molar-refractivity contribution < 1.29 is 14.7 Å². The molecular weight excluding hydrogens is 252 g/mol. The molecule has 0 atom stereocenters. The summed E-state index contributed by atoms with van der Waals surface area (Å²) in [6, 6.07) is 0. The molecule has 3 heteroatoms. The molecule has 0 rings (SSSR count). The topological polar surface area (TPSA) is 54.4 Å². The summed E-state index contributed by atoms with van der Waals surface area (Å²) in [7, 11) is 0. The van der Waals surface area contributed by atoms with E-state index >= 15 is 0 Å². The van der Waals surface area contributed by atoms with Crippen molar-refractivity contribution in [3.05, 3.63) is 12.2 Å². The molecule has 0 bridgehead atoms. The van der Waals surface area contributed by atoms with Crippen LogP contribution in [-0.4, -0.2) is 16.9 Å². The third-order valence-corrected chi connectivity index (χ3v) is 3.40. The monoisotopic (exact) mass is 282 g/mol. The fourth-order valence-electron chi connectivity index (χ4n) is 2.18. The highest BCUT2D eigenvalue weighted by atomic mass is 16.4. The summed E-state index contributed by atoms with van der Waals surface area (Å²) in [5, 5.41) is 8.40. The van der Waals surface area contributed by atoms with Crippen LogP contribution in [0.2, 0.25) is 0 Å². The lowest BCUT2D eigenvalue weighted by Gasteiger charge is -2.01. The van der Waals surface area contributed by atoms with Gasteiger partial charge in [-0.2, -0.15) is 0 Å². The van der Waals surface area contributed by atoms with Crippen LogP contribution in [-0.2, 0) is 9.59 Å². The van der Waals surface area contributed by atoms with Crippen LogP contribution in [0.15, 0.2) is 12.2 Å². The van der Waals surface area contributed by atoms with E-state index in [0.717, 1.165) is 25.3 Å². The first-order valence-electron chi connectivity index (χ1n) is 8.08. The van der Waals surface area contributed by atoms with Crippen molar-refractivity contribution in [2.75, 3.05) is 0 Å². The molecule has 0 fully saturated rings. The molecule has 0 unspecified atom stereocenters. The van der Waals surface area contributed by atoms with Crippen molar-refractivity contribution in [1.29, 1.82) is 0 Å². The maximum atomic E-state index is 11.6. The van der Waals surface area contributed by atoms with Gasteiger partial charge in [-0.25, -0.2) is 4.79 Å². The van der Waals surface area contributed by atoms with Gasteiger partial charge in [-0.1, -0.05) is 57.9 Å². The van der Waals surface area contributed by atoms with Gasteiger partial charge < -0.3 is 5.11 Å². The van der Waals surface area contributed by atoms with Crippen LogP contribution in [0.5, 0.6) is 0 Å². The summed E-state index contributed by atoms with van der Waals surface area (Å²) in [5.41, 5.74) is 0. The number of carbonyl (C=O) groups is 2. The Morgan fingerprint density at radius 3 is 2.00 bits per heavy atom. The van der Waals surface area contributed by atoms with E-state index in [4.69, 9.17) is 5.11 Å². The van der Waals surface area contributed by atoms with Gasteiger partial charge in [-0.05, 0) is 19.3 Å². The fraction of sp³-hybridized carbons (Fsp3) is 0.765. The fourth-order valence-corrected chi connectivity index (χ4v) is 2.18. The Kier molecular flexibility index (Phi) is 13.5. The predicted octanol–water partition coefficient (Wildman–Crippen LogP) is 4.90. The van der Waals surface area contributed by atoms with Crippen molar-refractivity contribution >= 4 is 11.8 Å². The zero-order valence-corrected chi connectivity index (χ0v) is 12.9. The van der Waals surface area contributed by atoms with Gasteiger partial charge in [0.05, 0.1) is 0 Å². The molecule has 0 aromatic rings. The number of carbonyl (C=O) groups excluding carboxylic acids is 1. The number of ketones is 1. The summed E-state index contributed by atoms with van der Waals surface area (Å²) < 4.78 is 0. The van der Waals surface area contributed by atoms with Gasteiger partial charge in [0, 0.05) is 18.9 Å². The summed E-state index contributed by atoms with van der Waals surface area (Å²) in [6.07, 6.45) is 15.5. The van der Waals surface area contributed by atoms with E-state index in [1.54, 1.807) is 6.08 Å². The van der Waals surface area contributed by atoms with E-state index in [-0.39, 0.29) is 0 Å². The van der Waals surface area contributed by atoms with Gasteiger partial charge in [-0.15, -0.1) is 0 Å². The Labute approximate surface area is 123 Å². The van der Waals surface area contributed by atoms with E-state index in [2.05, 4.69) is 6.92 Å². The molecule has 0 saturated carbocycles. The van der Waals surface area contributed by atoms with Gasteiger partial charge in [0.25, 0.3) is 0 Å². The quantitative estimate of drug-likeness (QED) is 0.364. The van der Waals surface area contributed by atoms with E-state index < -0.39 is 5.97 Å². The number of rotatable bonds is 14. The van der Waals surface area contributed by atoms with Crippen molar-refractivity contribution in [3.63, 3.8) is 0 Å². The highest BCUT2D eigenvalue weighted by molar-refractivity contribution is 5.79. The smallest absolute Gasteiger partial charge is 0.327 e. The number of Topliss-reactive ketones (excluding diaryl/α,β-unsaturated/α-hetero) is 1. The van der Waals surface area contributed by atoms with Crippen LogP contribution in [0, 0.1) is 0 Å². The second-order valence-electron chi connectivity index (χ2n) is 5.40. The van der Waals surface area contributed by atoms with E-state index in [1.807, 2.05) is 0 Å². The zero-order valence-electron chi connectivity index (χ0n) is 12.9. The highest BCUT2D eigenvalue weighted by Gasteiger charge is 2.01. The largest absolute Gasteiger partial charge is 0.478 e. The molecule has 0 aliphatic carbocycles. The van der Waals surface area contributed by atoms with Gasteiger partial charge in [-0.3, -0.25) is 4.79 Å². The highest BCUT2D eigenvalue weighted by Crippen LogP contribution is 2.11. The molecule has 0 amide bonds. The minimum absolute atomic E-state index is 0.319. The van der Waals surface area contributed by atoms with Gasteiger partial charge in [0.1, 0.15) is 5.78 Å². The predicted molar refractivity (Wildman–Crippen MR) is 82.9 cm³/mol. The van der Waals surface area contributed by atoms with E-state index in [0.29, 0.717) is 25.0 Å². The SMILES string of the molecule is CCCCCCCCCCC(=O)CCC/C=C/C(=O)O. The molecule has 0 aliphatic heterocycles. The lowest BCUT2D eigenvalue weighted by molar-refractivity contribution is -0.131. The van der Waals surface area contributed by atoms with Crippen molar-refractivity contribution in [3.8, 4) is 0 Å². The Morgan fingerprint density at radius 1 is 0.850 bits per heavy atom. The first kappa shape index (κ1) is 18.9. The molecule has 0 aromatic carbocycles. The number of unbranched alkanes of at least 4 members (excludes halogenated alkanes) is 8. The number of carboxylic acid groups (broad SMARTS) is 1.